The number of hydrogen-bond donors (Lipinski definition) is 0. The van der Waals surface area contributed by atoms with E-state index in [0.29, 0.717) is 30.3 Å². The Balaban J connectivity index is 1.68. The maximum absolute atomic E-state index is 13.7. The van der Waals surface area contributed by atoms with Gasteiger partial charge in [-0.25, -0.2) is 14.1 Å². The number of amides is 1. The molecule has 2 aromatic carbocycles. The Hall–Kier alpha value is -3.02. The zero-order valence-electron chi connectivity index (χ0n) is 16.8. The molecule has 150 valence electrons. The lowest BCUT2D eigenvalue weighted by Crippen LogP contribution is -2.40. The fourth-order valence-electron chi connectivity index (χ4n) is 3.80. The molecule has 1 atom stereocenters. The SMILES string of the molecule is CC(C)Cn1nc(-c2cccc(F)c2)nc1C1CCC(=O)N(c2ccccc2)C1. The average molecular weight is 392 g/mol. The van der Waals surface area contributed by atoms with Gasteiger partial charge in [0.25, 0.3) is 0 Å². The topological polar surface area (TPSA) is 51.0 Å². The summed E-state index contributed by atoms with van der Waals surface area (Å²) >= 11 is 0. The van der Waals surface area contributed by atoms with E-state index in [2.05, 4.69) is 18.9 Å². The molecule has 0 aliphatic carbocycles. The summed E-state index contributed by atoms with van der Waals surface area (Å²) in [5, 5.41) is 4.69. The molecule has 0 N–H and O–H groups in total. The molecule has 0 spiro atoms. The Morgan fingerprint density at radius 1 is 1.14 bits per heavy atom. The van der Waals surface area contributed by atoms with Gasteiger partial charge >= 0.3 is 0 Å². The van der Waals surface area contributed by atoms with Crippen LogP contribution in [0.4, 0.5) is 10.1 Å². The third-order valence-electron chi connectivity index (χ3n) is 5.16. The lowest BCUT2D eigenvalue weighted by molar-refractivity contribution is -0.119. The number of carbonyl (C=O) groups is 1. The van der Waals surface area contributed by atoms with Gasteiger partial charge in [-0.1, -0.05) is 44.2 Å². The van der Waals surface area contributed by atoms with Crippen LogP contribution in [0.3, 0.4) is 0 Å². The van der Waals surface area contributed by atoms with Crippen LogP contribution in [0.1, 0.15) is 38.4 Å². The second-order valence-electron chi connectivity index (χ2n) is 7.96. The van der Waals surface area contributed by atoms with Gasteiger partial charge in [0.2, 0.25) is 5.91 Å². The molecule has 5 nitrogen and oxygen atoms in total. The summed E-state index contributed by atoms with van der Waals surface area (Å²) in [5.74, 6) is 1.71. The number of benzene rings is 2. The summed E-state index contributed by atoms with van der Waals surface area (Å²) in [6.07, 6.45) is 1.21. The van der Waals surface area contributed by atoms with E-state index in [0.717, 1.165) is 24.5 Å². The normalized spacial score (nSPS) is 17.2. The molecule has 1 aromatic heterocycles. The molecule has 0 radical (unpaired) electrons. The maximum atomic E-state index is 13.7. The van der Waals surface area contributed by atoms with E-state index >= 15 is 0 Å². The van der Waals surface area contributed by atoms with Gasteiger partial charge in [-0.2, -0.15) is 5.10 Å². The molecule has 1 aliphatic heterocycles. The van der Waals surface area contributed by atoms with Crippen molar-refractivity contribution in [2.75, 3.05) is 11.4 Å². The molecule has 0 saturated carbocycles. The number of nitrogens with zero attached hydrogens (tertiary/aromatic N) is 4. The first-order valence-corrected chi connectivity index (χ1v) is 10.1. The van der Waals surface area contributed by atoms with Crippen LogP contribution in [0, 0.1) is 11.7 Å². The first kappa shape index (κ1) is 19.3. The highest BCUT2D eigenvalue weighted by atomic mass is 19.1. The van der Waals surface area contributed by atoms with Crippen molar-refractivity contribution < 1.29 is 9.18 Å². The first-order valence-electron chi connectivity index (χ1n) is 10.1. The lowest BCUT2D eigenvalue weighted by atomic mass is 9.96. The van der Waals surface area contributed by atoms with Gasteiger partial charge in [0.15, 0.2) is 5.82 Å². The second kappa shape index (κ2) is 8.15. The van der Waals surface area contributed by atoms with Crippen molar-refractivity contribution in [3.63, 3.8) is 0 Å². The summed E-state index contributed by atoms with van der Waals surface area (Å²) < 4.78 is 15.6. The molecule has 6 heteroatoms. The fraction of sp³-hybridized carbons (Fsp3) is 0.348. The monoisotopic (exact) mass is 392 g/mol. The Morgan fingerprint density at radius 3 is 2.66 bits per heavy atom. The van der Waals surface area contributed by atoms with Crippen LogP contribution >= 0.6 is 0 Å². The van der Waals surface area contributed by atoms with Gasteiger partial charge in [0, 0.05) is 36.7 Å². The highest BCUT2D eigenvalue weighted by molar-refractivity contribution is 5.94. The molecular formula is C23H25FN4O. The van der Waals surface area contributed by atoms with Crippen LogP contribution in [-0.2, 0) is 11.3 Å². The predicted molar refractivity (Wildman–Crippen MR) is 111 cm³/mol. The quantitative estimate of drug-likeness (QED) is 0.635. The van der Waals surface area contributed by atoms with E-state index in [1.165, 1.54) is 12.1 Å². The van der Waals surface area contributed by atoms with Gasteiger partial charge in [0.05, 0.1) is 0 Å². The van der Waals surface area contributed by atoms with Crippen molar-refractivity contribution in [2.24, 2.45) is 5.92 Å². The Labute approximate surface area is 170 Å². The van der Waals surface area contributed by atoms with Gasteiger partial charge in [-0.05, 0) is 36.6 Å². The van der Waals surface area contributed by atoms with Crippen LogP contribution in [-0.4, -0.2) is 27.2 Å². The molecule has 1 fully saturated rings. The smallest absolute Gasteiger partial charge is 0.227 e. The van der Waals surface area contributed by atoms with Crippen LogP contribution in [0.15, 0.2) is 54.6 Å². The number of para-hydroxylation sites is 1. The summed E-state index contributed by atoms with van der Waals surface area (Å²) in [4.78, 5) is 19.2. The number of piperidine rings is 1. The van der Waals surface area contributed by atoms with E-state index in [9.17, 15) is 9.18 Å². The van der Waals surface area contributed by atoms with Crippen molar-refractivity contribution in [3.05, 3.63) is 66.2 Å². The van der Waals surface area contributed by atoms with E-state index in [4.69, 9.17) is 4.98 Å². The molecule has 2 heterocycles. The molecule has 4 rings (SSSR count). The summed E-state index contributed by atoms with van der Waals surface area (Å²) in [5.41, 5.74) is 1.57. The summed E-state index contributed by atoms with van der Waals surface area (Å²) in [7, 11) is 0. The number of carbonyl (C=O) groups excluding carboxylic acids is 1. The minimum absolute atomic E-state index is 0.0847. The highest BCUT2D eigenvalue weighted by Gasteiger charge is 2.31. The molecule has 3 aromatic rings. The number of aromatic nitrogens is 3. The Bertz CT molecular complexity index is 999. The number of rotatable bonds is 5. The van der Waals surface area contributed by atoms with Crippen molar-refractivity contribution in [1.82, 2.24) is 14.8 Å². The molecule has 29 heavy (non-hydrogen) atoms. The van der Waals surface area contributed by atoms with Crippen molar-refractivity contribution >= 4 is 11.6 Å². The standard InChI is InChI=1S/C23H25FN4O/c1-16(2)14-28-23(25-22(26-28)17-7-6-8-19(24)13-17)18-11-12-21(29)27(15-18)20-9-4-3-5-10-20/h3-10,13,16,18H,11-12,14-15H2,1-2H3. The largest absolute Gasteiger partial charge is 0.312 e. The first-order chi connectivity index (χ1) is 14.0. The molecule has 1 unspecified atom stereocenters. The molecular weight excluding hydrogens is 367 g/mol. The zero-order valence-corrected chi connectivity index (χ0v) is 16.8. The van der Waals surface area contributed by atoms with Crippen LogP contribution in [0.5, 0.6) is 0 Å². The Kier molecular flexibility index (Phi) is 5.43. The summed E-state index contributed by atoms with van der Waals surface area (Å²) in [6, 6.07) is 16.1. The summed E-state index contributed by atoms with van der Waals surface area (Å²) in [6.45, 7) is 5.57. The fourth-order valence-corrected chi connectivity index (χ4v) is 3.80. The van der Waals surface area contributed by atoms with Gasteiger partial charge in [-0.15, -0.1) is 0 Å². The Morgan fingerprint density at radius 2 is 1.93 bits per heavy atom. The number of anilines is 1. The van der Waals surface area contributed by atoms with Crippen molar-refractivity contribution in [2.45, 2.75) is 39.2 Å². The molecule has 1 aliphatic rings. The van der Waals surface area contributed by atoms with Gasteiger partial charge < -0.3 is 4.90 Å². The highest BCUT2D eigenvalue weighted by Crippen LogP contribution is 2.31. The van der Waals surface area contributed by atoms with Crippen molar-refractivity contribution in [1.29, 1.82) is 0 Å². The maximum Gasteiger partial charge on any atom is 0.227 e. The van der Waals surface area contributed by atoms with Crippen LogP contribution in [0.25, 0.3) is 11.4 Å². The van der Waals surface area contributed by atoms with Gasteiger partial charge in [-0.3, -0.25) is 4.79 Å². The second-order valence-corrected chi connectivity index (χ2v) is 7.96. The van der Waals surface area contributed by atoms with Crippen molar-refractivity contribution in [3.8, 4) is 11.4 Å². The lowest BCUT2D eigenvalue weighted by Gasteiger charge is -2.32. The minimum atomic E-state index is -0.303. The van der Waals surface area contributed by atoms with E-state index in [1.807, 2.05) is 46.0 Å². The molecule has 0 bridgehead atoms. The average Bonchev–Trinajstić information content (AvgIpc) is 3.12. The molecule has 1 amide bonds. The number of halogens is 1. The van der Waals surface area contributed by atoms with Crippen LogP contribution < -0.4 is 4.90 Å². The minimum Gasteiger partial charge on any atom is -0.312 e. The van der Waals surface area contributed by atoms with E-state index in [1.54, 1.807) is 6.07 Å². The van der Waals surface area contributed by atoms with Gasteiger partial charge in [0.1, 0.15) is 11.6 Å². The molecule has 1 saturated heterocycles. The van der Waals surface area contributed by atoms with Crippen LogP contribution in [0.2, 0.25) is 0 Å². The van der Waals surface area contributed by atoms with E-state index in [-0.39, 0.29) is 17.6 Å². The third-order valence-corrected chi connectivity index (χ3v) is 5.16. The predicted octanol–water partition coefficient (Wildman–Crippen LogP) is 4.65. The zero-order chi connectivity index (χ0) is 20.4. The van der Waals surface area contributed by atoms with E-state index < -0.39 is 0 Å². The third kappa shape index (κ3) is 4.21. The number of hydrogen-bond acceptors (Lipinski definition) is 3.